The maximum atomic E-state index is 12.2. The van der Waals surface area contributed by atoms with E-state index in [1.54, 1.807) is 0 Å². The fraction of sp³-hybridized carbons (Fsp3) is 0.526. The predicted octanol–water partition coefficient (Wildman–Crippen LogP) is 3.26. The Balaban J connectivity index is 1.62. The average molecular weight is 281 g/mol. The summed E-state index contributed by atoms with van der Waals surface area (Å²) in [5, 5.41) is 0. The van der Waals surface area contributed by atoms with Crippen molar-refractivity contribution < 1.29 is 4.79 Å². The minimum absolute atomic E-state index is 0.278. The third-order valence-corrected chi connectivity index (χ3v) is 4.77. The van der Waals surface area contributed by atoms with E-state index in [1.165, 1.54) is 19.3 Å². The molecule has 2 heteroatoms. The Labute approximate surface area is 127 Å². The molecule has 1 aliphatic carbocycles. The van der Waals surface area contributed by atoms with Gasteiger partial charge in [-0.05, 0) is 44.4 Å². The van der Waals surface area contributed by atoms with E-state index in [0.29, 0.717) is 11.8 Å². The zero-order valence-corrected chi connectivity index (χ0v) is 12.6. The molecule has 1 aromatic carbocycles. The van der Waals surface area contributed by atoms with Crippen LogP contribution < -0.4 is 0 Å². The minimum Gasteiger partial charge on any atom is -0.299 e. The molecule has 2 fully saturated rings. The van der Waals surface area contributed by atoms with Crippen molar-refractivity contribution in [2.75, 3.05) is 13.1 Å². The van der Waals surface area contributed by atoms with Crippen LogP contribution in [0.5, 0.6) is 0 Å². The zero-order chi connectivity index (χ0) is 14.5. The third-order valence-electron chi connectivity index (χ3n) is 4.77. The molecule has 1 saturated heterocycles. The summed E-state index contributed by atoms with van der Waals surface area (Å²) in [7, 11) is 0. The number of hydrogen-bond donors (Lipinski definition) is 0. The summed E-state index contributed by atoms with van der Waals surface area (Å²) in [6.45, 7) is 1.89. The number of rotatable bonds is 2. The first-order valence-electron chi connectivity index (χ1n) is 8.15. The van der Waals surface area contributed by atoms with Gasteiger partial charge in [0.1, 0.15) is 5.78 Å². The summed E-state index contributed by atoms with van der Waals surface area (Å²) < 4.78 is 0. The van der Waals surface area contributed by atoms with Crippen molar-refractivity contribution in [2.45, 2.75) is 44.6 Å². The molecule has 1 saturated carbocycles. The molecule has 2 unspecified atom stereocenters. The average Bonchev–Trinajstić information content (AvgIpc) is 2.97. The van der Waals surface area contributed by atoms with Gasteiger partial charge in [0, 0.05) is 23.9 Å². The van der Waals surface area contributed by atoms with E-state index < -0.39 is 0 Å². The highest BCUT2D eigenvalue weighted by molar-refractivity contribution is 5.82. The zero-order valence-electron chi connectivity index (χ0n) is 12.6. The van der Waals surface area contributed by atoms with Crippen LogP contribution in [0.25, 0.3) is 0 Å². The Morgan fingerprint density at radius 2 is 1.95 bits per heavy atom. The van der Waals surface area contributed by atoms with Gasteiger partial charge in [0.05, 0.1) is 6.54 Å². The van der Waals surface area contributed by atoms with Crippen molar-refractivity contribution in [2.24, 2.45) is 5.92 Å². The summed E-state index contributed by atoms with van der Waals surface area (Å²) in [4.78, 5) is 14.6. The molecule has 21 heavy (non-hydrogen) atoms. The summed E-state index contributed by atoms with van der Waals surface area (Å²) in [6, 6.07) is 10.6. The number of Topliss-reactive ketones (excluding diaryl/α,β-unsaturated/α-hetero) is 1. The molecule has 1 heterocycles. The summed E-state index contributed by atoms with van der Waals surface area (Å²) in [5.41, 5.74) is 1.07. The van der Waals surface area contributed by atoms with E-state index in [0.717, 1.165) is 37.9 Å². The number of ketones is 1. The molecule has 110 valence electrons. The van der Waals surface area contributed by atoms with Crippen LogP contribution in [0.1, 0.15) is 44.1 Å². The van der Waals surface area contributed by atoms with Gasteiger partial charge in [-0.3, -0.25) is 9.69 Å². The molecule has 0 spiro atoms. The predicted molar refractivity (Wildman–Crippen MR) is 84.9 cm³/mol. The first-order valence-corrected chi connectivity index (χ1v) is 8.15. The summed E-state index contributed by atoms with van der Waals surface area (Å²) in [6.07, 6.45) is 6.58. The van der Waals surface area contributed by atoms with Crippen LogP contribution in [-0.4, -0.2) is 29.8 Å². The standard InChI is InChI=1S/C19H23NO/c21-19-13-5-4-11-17(19)18-12-7-15-20(18)14-6-10-16-8-2-1-3-9-16/h1-3,8-9,17-18H,4-5,7,11-15H2. The lowest BCUT2D eigenvalue weighted by Gasteiger charge is -2.31. The smallest absolute Gasteiger partial charge is 0.137 e. The number of benzene rings is 1. The van der Waals surface area contributed by atoms with Crippen molar-refractivity contribution in [3.8, 4) is 11.8 Å². The van der Waals surface area contributed by atoms with E-state index in [-0.39, 0.29) is 5.92 Å². The van der Waals surface area contributed by atoms with Gasteiger partial charge in [0.15, 0.2) is 0 Å². The van der Waals surface area contributed by atoms with Crippen LogP contribution in [0, 0.1) is 17.8 Å². The van der Waals surface area contributed by atoms with Crippen molar-refractivity contribution >= 4 is 5.78 Å². The van der Waals surface area contributed by atoms with Gasteiger partial charge in [-0.2, -0.15) is 0 Å². The van der Waals surface area contributed by atoms with E-state index in [4.69, 9.17) is 0 Å². The first kappa shape index (κ1) is 14.4. The molecule has 2 nitrogen and oxygen atoms in total. The largest absolute Gasteiger partial charge is 0.299 e. The summed E-state index contributed by atoms with van der Waals surface area (Å²) in [5.74, 6) is 7.29. The number of nitrogens with zero attached hydrogens (tertiary/aromatic N) is 1. The molecule has 0 radical (unpaired) electrons. The van der Waals surface area contributed by atoms with Gasteiger partial charge in [-0.15, -0.1) is 0 Å². The molecule has 1 aromatic rings. The third kappa shape index (κ3) is 3.54. The van der Waals surface area contributed by atoms with Crippen LogP contribution >= 0.6 is 0 Å². The van der Waals surface area contributed by atoms with Crippen LogP contribution in [0.3, 0.4) is 0 Å². The van der Waals surface area contributed by atoms with E-state index in [9.17, 15) is 4.79 Å². The molecule has 2 aliphatic rings. The fourth-order valence-electron chi connectivity index (χ4n) is 3.69. The number of carbonyl (C=O) groups excluding carboxylic acids is 1. The quantitative estimate of drug-likeness (QED) is 0.776. The lowest BCUT2D eigenvalue weighted by molar-refractivity contribution is -0.126. The Hall–Kier alpha value is -1.59. The molecule has 1 aliphatic heterocycles. The van der Waals surface area contributed by atoms with Gasteiger partial charge in [0.25, 0.3) is 0 Å². The molecular formula is C19H23NO. The highest BCUT2D eigenvalue weighted by Crippen LogP contribution is 2.31. The van der Waals surface area contributed by atoms with E-state index in [2.05, 4.69) is 16.7 Å². The minimum atomic E-state index is 0.278. The van der Waals surface area contributed by atoms with Crippen molar-refractivity contribution in [1.82, 2.24) is 4.90 Å². The highest BCUT2D eigenvalue weighted by Gasteiger charge is 2.36. The second-order valence-corrected chi connectivity index (χ2v) is 6.17. The second-order valence-electron chi connectivity index (χ2n) is 6.17. The Morgan fingerprint density at radius 3 is 2.76 bits per heavy atom. The van der Waals surface area contributed by atoms with Crippen LogP contribution in [0.15, 0.2) is 30.3 Å². The molecule has 0 amide bonds. The van der Waals surface area contributed by atoms with Crippen molar-refractivity contribution in [3.63, 3.8) is 0 Å². The maximum absolute atomic E-state index is 12.2. The second kappa shape index (κ2) is 6.91. The maximum Gasteiger partial charge on any atom is 0.137 e. The molecular weight excluding hydrogens is 258 g/mol. The number of likely N-dealkylation sites (tertiary alicyclic amines) is 1. The topological polar surface area (TPSA) is 20.3 Å². The van der Waals surface area contributed by atoms with Gasteiger partial charge >= 0.3 is 0 Å². The van der Waals surface area contributed by atoms with Crippen molar-refractivity contribution in [3.05, 3.63) is 35.9 Å². The fourth-order valence-corrected chi connectivity index (χ4v) is 3.69. The molecule has 3 rings (SSSR count). The van der Waals surface area contributed by atoms with Crippen molar-refractivity contribution in [1.29, 1.82) is 0 Å². The SMILES string of the molecule is O=C1CCCCC1C1CCCN1CC#Cc1ccccc1. The summed E-state index contributed by atoms with van der Waals surface area (Å²) >= 11 is 0. The van der Waals surface area contributed by atoms with E-state index >= 15 is 0 Å². The van der Waals surface area contributed by atoms with Gasteiger partial charge in [-0.25, -0.2) is 0 Å². The van der Waals surface area contributed by atoms with Crippen LogP contribution in [-0.2, 0) is 4.79 Å². The molecule has 2 atom stereocenters. The normalized spacial score (nSPS) is 26.4. The van der Waals surface area contributed by atoms with E-state index in [1.807, 2.05) is 30.3 Å². The highest BCUT2D eigenvalue weighted by atomic mass is 16.1. The Bertz CT molecular complexity index is 540. The first-order chi connectivity index (χ1) is 10.3. The molecule has 0 aromatic heterocycles. The van der Waals surface area contributed by atoms with Gasteiger partial charge < -0.3 is 0 Å². The van der Waals surface area contributed by atoms with Crippen LogP contribution in [0.4, 0.5) is 0 Å². The lowest BCUT2D eigenvalue weighted by atomic mass is 9.82. The Kier molecular flexibility index (Phi) is 4.72. The lowest BCUT2D eigenvalue weighted by Crippen LogP contribution is -2.40. The monoisotopic (exact) mass is 281 g/mol. The molecule has 0 N–H and O–H groups in total. The van der Waals surface area contributed by atoms with Gasteiger partial charge in [0.2, 0.25) is 0 Å². The Morgan fingerprint density at radius 1 is 1.10 bits per heavy atom. The number of hydrogen-bond acceptors (Lipinski definition) is 2. The number of carbonyl (C=O) groups is 1. The van der Waals surface area contributed by atoms with Crippen LogP contribution in [0.2, 0.25) is 0 Å². The molecule has 0 bridgehead atoms. The van der Waals surface area contributed by atoms with Gasteiger partial charge in [-0.1, -0.05) is 36.5 Å².